The second kappa shape index (κ2) is 11.9. The Balaban J connectivity index is 1.10. The predicted octanol–water partition coefficient (Wildman–Crippen LogP) is 9.41. The maximum Gasteiger partial charge on any atom is 0.206 e. The zero-order valence-electron chi connectivity index (χ0n) is 26.6. The van der Waals surface area contributed by atoms with Crippen LogP contribution in [0.1, 0.15) is 11.1 Å². The van der Waals surface area contributed by atoms with Gasteiger partial charge in [-0.2, -0.15) is 5.10 Å². The number of sulfone groups is 1. The topological polar surface area (TPSA) is 79.0 Å². The van der Waals surface area contributed by atoms with Gasteiger partial charge in [0.25, 0.3) is 0 Å². The van der Waals surface area contributed by atoms with Gasteiger partial charge in [0.05, 0.1) is 32.7 Å². The fourth-order valence-corrected chi connectivity index (χ4v) is 7.92. The van der Waals surface area contributed by atoms with E-state index in [1.807, 2.05) is 91.3 Å². The zero-order chi connectivity index (χ0) is 33.7. The van der Waals surface area contributed by atoms with Crippen molar-refractivity contribution in [3.63, 3.8) is 0 Å². The van der Waals surface area contributed by atoms with Crippen LogP contribution in [0.3, 0.4) is 0 Å². The molecule has 0 atom stereocenters. The van der Waals surface area contributed by atoms with Crippen molar-refractivity contribution in [3.8, 4) is 34.1 Å². The molecule has 0 unspecified atom stereocenters. The molecule has 0 N–H and O–H groups in total. The second-order valence-electron chi connectivity index (χ2n) is 11.9. The summed E-state index contributed by atoms with van der Waals surface area (Å²) in [6.07, 6.45) is 5.17. The molecular weight excluding hydrogens is 636 g/mol. The van der Waals surface area contributed by atoms with Gasteiger partial charge in [-0.3, -0.25) is 4.57 Å². The van der Waals surface area contributed by atoms with Crippen LogP contribution in [0, 0.1) is 19.7 Å². The molecule has 7 nitrogen and oxygen atoms in total. The van der Waals surface area contributed by atoms with E-state index in [-0.39, 0.29) is 15.6 Å². The Morgan fingerprint density at radius 1 is 0.694 bits per heavy atom. The van der Waals surface area contributed by atoms with E-state index < -0.39 is 9.84 Å². The minimum atomic E-state index is -3.64. The van der Waals surface area contributed by atoms with E-state index in [2.05, 4.69) is 10.1 Å². The second-order valence-corrected chi connectivity index (χ2v) is 13.8. The van der Waals surface area contributed by atoms with Gasteiger partial charge >= 0.3 is 0 Å². The molecule has 3 aromatic heterocycles. The Hall–Kier alpha value is -6.06. The molecule has 0 fully saturated rings. The van der Waals surface area contributed by atoms with Gasteiger partial charge in [-0.05, 0) is 91.2 Å². The normalized spacial score (nSPS) is 11.7. The minimum absolute atomic E-state index is 0.264. The van der Waals surface area contributed by atoms with Crippen LogP contribution in [0.25, 0.3) is 44.4 Å². The first kappa shape index (κ1) is 30.3. The Bertz CT molecular complexity index is 2620. The summed E-state index contributed by atoms with van der Waals surface area (Å²) in [5, 5.41) is 6.67. The number of hydrogen-bond acceptors (Lipinski definition) is 5. The SMILES string of the molecule is Cc1cc(S(=O)(=O)c2ccccc2)cc(C)c1-c1cnn(-c2cccc(Oc3ccc4c5ccccc5n(-c5cc(F)ccn5)c4c3)c2)c1. The maximum absolute atomic E-state index is 14.3. The highest BCUT2D eigenvalue weighted by Crippen LogP contribution is 2.36. The molecule has 0 radical (unpaired) electrons. The number of nitrogens with zero attached hydrogens (tertiary/aromatic N) is 4. The zero-order valence-corrected chi connectivity index (χ0v) is 27.4. The molecule has 9 heteroatoms. The van der Waals surface area contributed by atoms with Crippen LogP contribution in [0.2, 0.25) is 0 Å². The van der Waals surface area contributed by atoms with Gasteiger partial charge in [0, 0.05) is 46.9 Å². The highest BCUT2D eigenvalue weighted by Gasteiger charge is 2.21. The van der Waals surface area contributed by atoms with Crippen LogP contribution in [0.4, 0.5) is 4.39 Å². The number of para-hydroxylation sites is 1. The van der Waals surface area contributed by atoms with Crippen molar-refractivity contribution in [2.24, 2.45) is 0 Å². The Kier molecular flexibility index (Phi) is 7.34. The summed E-state index contributed by atoms with van der Waals surface area (Å²) in [4.78, 5) is 4.98. The van der Waals surface area contributed by atoms with Crippen LogP contribution in [-0.2, 0) is 9.84 Å². The minimum Gasteiger partial charge on any atom is -0.457 e. The van der Waals surface area contributed by atoms with Gasteiger partial charge in [0.2, 0.25) is 9.84 Å². The summed E-state index contributed by atoms with van der Waals surface area (Å²) < 4.78 is 50.9. The summed E-state index contributed by atoms with van der Waals surface area (Å²) in [6.45, 7) is 3.83. The molecule has 8 aromatic rings. The number of benzene rings is 5. The van der Waals surface area contributed by atoms with Gasteiger partial charge in [-0.15, -0.1) is 0 Å². The largest absolute Gasteiger partial charge is 0.457 e. The standard InChI is InChI=1S/C40H29FN4O3S/c1-26-19-34(49(46,47)33-11-4-3-5-12-33)20-27(2)40(26)28-24-43-44(25-28)30-9-8-10-31(22-30)48-32-15-16-36-35-13-6-7-14-37(35)45(38(36)23-32)39-21-29(41)17-18-42-39/h3-25H,1-2H3. The van der Waals surface area contributed by atoms with Gasteiger partial charge in [0.15, 0.2) is 0 Å². The van der Waals surface area contributed by atoms with Crippen LogP contribution < -0.4 is 4.74 Å². The van der Waals surface area contributed by atoms with Crippen molar-refractivity contribution in [1.82, 2.24) is 19.3 Å². The molecule has 0 aliphatic rings. The third-order valence-corrected chi connectivity index (χ3v) is 10.4. The monoisotopic (exact) mass is 664 g/mol. The number of hydrogen-bond donors (Lipinski definition) is 0. The number of aryl methyl sites for hydroxylation is 2. The summed E-state index contributed by atoms with van der Waals surface area (Å²) >= 11 is 0. The van der Waals surface area contributed by atoms with E-state index >= 15 is 0 Å². The molecule has 0 saturated heterocycles. The first-order valence-electron chi connectivity index (χ1n) is 15.7. The van der Waals surface area contributed by atoms with Crippen molar-refractivity contribution in [1.29, 1.82) is 0 Å². The molecule has 49 heavy (non-hydrogen) atoms. The van der Waals surface area contributed by atoms with Crippen LogP contribution in [-0.4, -0.2) is 27.7 Å². The lowest BCUT2D eigenvalue weighted by molar-refractivity contribution is 0.483. The number of ether oxygens (including phenoxy) is 1. The number of fused-ring (bicyclic) bond motifs is 3. The van der Waals surface area contributed by atoms with E-state index in [1.165, 1.54) is 18.3 Å². The van der Waals surface area contributed by atoms with Gasteiger partial charge in [-0.25, -0.2) is 22.5 Å². The van der Waals surface area contributed by atoms with Gasteiger partial charge in [0.1, 0.15) is 23.1 Å². The van der Waals surface area contributed by atoms with E-state index in [9.17, 15) is 12.8 Å². The molecule has 240 valence electrons. The fourth-order valence-electron chi connectivity index (χ4n) is 6.47. The summed E-state index contributed by atoms with van der Waals surface area (Å²) in [5.41, 5.74) is 6.04. The molecule has 3 heterocycles. The quantitative estimate of drug-likeness (QED) is 0.170. The van der Waals surface area contributed by atoms with Crippen LogP contribution in [0.5, 0.6) is 11.5 Å². The number of pyridine rings is 1. The van der Waals surface area contributed by atoms with Crippen molar-refractivity contribution in [2.45, 2.75) is 23.6 Å². The average molecular weight is 665 g/mol. The summed E-state index contributed by atoms with van der Waals surface area (Å²) in [5.74, 6) is 1.35. The highest BCUT2D eigenvalue weighted by atomic mass is 32.2. The van der Waals surface area contributed by atoms with E-state index in [4.69, 9.17) is 4.74 Å². The number of rotatable bonds is 7. The average Bonchev–Trinajstić information content (AvgIpc) is 3.72. The number of aromatic nitrogens is 4. The first-order valence-corrected chi connectivity index (χ1v) is 17.1. The highest BCUT2D eigenvalue weighted by molar-refractivity contribution is 7.91. The Labute approximate surface area is 282 Å². The van der Waals surface area contributed by atoms with E-state index in [0.29, 0.717) is 17.3 Å². The summed E-state index contributed by atoms with van der Waals surface area (Å²) in [6, 6.07) is 36.1. The molecule has 0 bridgehead atoms. The Morgan fingerprint density at radius 2 is 1.43 bits per heavy atom. The predicted molar refractivity (Wildman–Crippen MR) is 189 cm³/mol. The smallest absolute Gasteiger partial charge is 0.206 e. The molecular formula is C40H29FN4O3S. The molecule has 5 aromatic carbocycles. The third-order valence-electron chi connectivity index (χ3n) is 8.64. The van der Waals surface area contributed by atoms with E-state index in [0.717, 1.165) is 49.7 Å². The van der Waals surface area contributed by atoms with Crippen molar-refractivity contribution >= 4 is 31.6 Å². The lowest BCUT2D eigenvalue weighted by Crippen LogP contribution is -2.03. The fraction of sp³-hybridized carbons (Fsp3) is 0.0500. The molecule has 0 spiro atoms. The molecule has 0 amide bonds. The number of halogens is 1. The van der Waals surface area contributed by atoms with Crippen LogP contribution in [0.15, 0.2) is 150 Å². The third kappa shape index (κ3) is 5.44. The van der Waals surface area contributed by atoms with Crippen molar-refractivity contribution in [3.05, 3.63) is 157 Å². The molecule has 8 rings (SSSR count). The summed E-state index contributed by atoms with van der Waals surface area (Å²) in [7, 11) is -3.64. The molecule has 0 aliphatic carbocycles. The molecule has 0 aliphatic heterocycles. The Morgan fingerprint density at radius 3 is 2.22 bits per heavy atom. The van der Waals surface area contributed by atoms with E-state index in [1.54, 1.807) is 53.3 Å². The lowest BCUT2D eigenvalue weighted by Gasteiger charge is -2.12. The first-order chi connectivity index (χ1) is 23.8. The lowest BCUT2D eigenvalue weighted by atomic mass is 9.98. The van der Waals surface area contributed by atoms with Crippen molar-refractivity contribution < 1.29 is 17.5 Å². The van der Waals surface area contributed by atoms with Crippen molar-refractivity contribution in [2.75, 3.05) is 0 Å². The maximum atomic E-state index is 14.3. The van der Waals surface area contributed by atoms with Gasteiger partial charge < -0.3 is 4.74 Å². The van der Waals surface area contributed by atoms with Gasteiger partial charge in [-0.1, -0.05) is 42.5 Å². The van der Waals surface area contributed by atoms with Crippen LogP contribution >= 0.6 is 0 Å². The molecule has 0 saturated carbocycles.